The molecule has 0 saturated carbocycles. The molecule has 1 heterocycles. The van der Waals surface area contributed by atoms with Gasteiger partial charge in [0.25, 0.3) is 0 Å². The first-order chi connectivity index (χ1) is 10.2. The minimum Gasteiger partial charge on any atom is -0.508 e. The van der Waals surface area contributed by atoms with Gasteiger partial charge in [0.05, 0.1) is 24.5 Å². The third kappa shape index (κ3) is 2.58. The molecule has 0 bridgehead atoms. The van der Waals surface area contributed by atoms with Crippen molar-refractivity contribution in [3.8, 4) is 11.5 Å². The molecule has 0 aliphatic heterocycles. The molecule has 0 amide bonds. The van der Waals surface area contributed by atoms with E-state index in [1.54, 1.807) is 19.4 Å². The summed E-state index contributed by atoms with van der Waals surface area (Å²) < 4.78 is 5.19. The number of rotatable bonds is 3. The Labute approximate surface area is 122 Å². The highest BCUT2D eigenvalue weighted by Gasteiger charge is 2.06. The van der Waals surface area contributed by atoms with Crippen LogP contribution in [-0.4, -0.2) is 22.4 Å². The Balaban J connectivity index is 2.02. The summed E-state index contributed by atoms with van der Waals surface area (Å²) in [5, 5.41) is 22.1. The van der Waals surface area contributed by atoms with Crippen molar-refractivity contribution in [1.29, 1.82) is 0 Å². The average Bonchev–Trinajstić information content (AvgIpc) is 2.50. The van der Waals surface area contributed by atoms with Crippen LogP contribution >= 0.6 is 0 Å². The Bertz CT molecular complexity index is 803. The molecule has 0 spiro atoms. The third-order valence-electron chi connectivity index (χ3n) is 3.34. The maximum atomic E-state index is 9.78. The molecule has 0 radical (unpaired) electrons. The number of methoxy groups -OCH3 is 1. The zero-order valence-corrected chi connectivity index (χ0v) is 11.8. The zero-order chi connectivity index (χ0) is 14.8. The summed E-state index contributed by atoms with van der Waals surface area (Å²) >= 11 is 0. The molecule has 0 unspecified atom stereocenters. The summed E-state index contributed by atoms with van der Waals surface area (Å²) in [7, 11) is 1.62. The smallest absolute Gasteiger partial charge is 0.121 e. The van der Waals surface area contributed by atoms with Gasteiger partial charge >= 0.3 is 0 Å². The van der Waals surface area contributed by atoms with E-state index in [0.717, 1.165) is 33.6 Å². The second-order valence-corrected chi connectivity index (χ2v) is 4.77. The van der Waals surface area contributed by atoms with Gasteiger partial charge < -0.3 is 15.2 Å². The van der Waals surface area contributed by atoms with Crippen LogP contribution in [0.2, 0.25) is 0 Å². The number of aromatic nitrogens is 2. The zero-order valence-electron chi connectivity index (χ0n) is 11.8. The number of nitrogens with zero attached hydrogens (tertiary/aromatic N) is 2. The quantitative estimate of drug-likeness (QED) is 0.770. The van der Waals surface area contributed by atoms with Crippen molar-refractivity contribution >= 4 is 22.3 Å². The predicted molar refractivity (Wildman–Crippen MR) is 82.2 cm³/mol. The van der Waals surface area contributed by atoms with Crippen molar-refractivity contribution in [1.82, 2.24) is 10.2 Å². The lowest BCUT2D eigenvalue weighted by Crippen LogP contribution is -1.95. The number of fused-ring (bicyclic) bond motifs is 1. The fourth-order valence-corrected chi connectivity index (χ4v) is 2.11. The van der Waals surface area contributed by atoms with Crippen LogP contribution in [0.1, 0.15) is 5.56 Å². The molecule has 5 heteroatoms. The molecule has 2 N–H and O–H groups in total. The standard InChI is InChI=1S/C16H15N3O2/c1-10-3-4-11(7-16(10)20)18-15-9-17-19-14-8-12(21-2)5-6-13(14)15/h3-9,20H,1-2H3,(H,18,19). The number of phenols is 1. The number of benzene rings is 2. The van der Waals surface area contributed by atoms with Crippen molar-refractivity contribution in [2.45, 2.75) is 6.92 Å². The van der Waals surface area contributed by atoms with Gasteiger partial charge in [0, 0.05) is 23.2 Å². The van der Waals surface area contributed by atoms with E-state index in [2.05, 4.69) is 15.5 Å². The molecule has 21 heavy (non-hydrogen) atoms. The fourth-order valence-electron chi connectivity index (χ4n) is 2.11. The number of hydrogen-bond donors (Lipinski definition) is 2. The minimum absolute atomic E-state index is 0.257. The van der Waals surface area contributed by atoms with E-state index in [1.807, 2.05) is 37.3 Å². The topological polar surface area (TPSA) is 67.3 Å². The second kappa shape index (κ2) is 5.28. The minimum atomic E-state index is 0.257. The lowest BCUT2D eigenvalue weighted by Gasteiger charge is -2.10. The fraction of sp³-hybridized carbons (Fsp3) is 0.125. The average molecular weight is 281 g/mol. The summed E-state index contributed by atoms with van der Waals surface area (Å²) in [4.78, 5) is 0. The molecule has 5 nitrogen and oxygen atoms in total. The van der Waals surface area contributed by atoms with Crippen molar-refractivity contribution in [2.24, 2.45) is 0 Å². The first-order valence-electron chi connectivity index (χ1n) is 6.53. The molecule has 0 saturated heterocycles. The van der Waals surface area contributed by atoms with E-state index in [4.69, 9.17) is 4.74 Å². The molecule has 3 aromatic rings. The first kappa shape index (κ1) is 13.2. The Kier molecular flexibility index (Phi) is 3.31. The van der Waals surface area contributed by atoms with Gasteiger partial charge in [-0.1, -0.05) is 6.07 Å². The largest absolute Gasteiger partial charge is 0.508 e. The third-order valence-corrected chi connectivity index (χ3v) is 3.34. The molecule has 3 rings (SSSR count). The van der Waals surface area contributed by atoms with Gasteiger partial charge in [-0.3, -0.25) is 0 Å². The normalized spacial score (nSPS) is 10.6. The van der Waals surface area contributed by atoms with Crippen molar-refractivity contribution in [3.05, 3.63) is 48.2 Å². The van der Waals surface area contributed by atoms with E-state index in [0.29, 0.717) is 0 Å². The summed E-state index contributed by atoms with van der Waals surface area (Å²) in [6.07, 6.45) is 1.66. The maximum absolute atomic E-state index is 9.78. The van der Waals surface area contributed by atoms with Gasteiger partial charge in [-0.2, -0.15) is 10.2 Å². The molecule has 0 fully saturated rings. The van der Waals surface area contributed by atoms with Crippen molar-refractivity contribution in [3.63, 3.8) is 0 Å². The van der Waals surface area contributed by atoms with Crippen LogP contribution in [0.25, 0.3) is 10.9 Å². The van der Waals surface area contributed by atoms with Crippen LogP contribution < -0.4 is 10.1 Å². The maximum Gasteiger partial charge on any atom is 0.121 e. The highest BCUT2D eigenvalue weighted by atomic mass is 16.5. The summed E-state index contributed by atoms with van der Waals surface area (Å²) in [5.41, 5.74) is 3.20. The number of hydrogen-bond acceptors (Lipinski definition) is 5. The number of phenolic OH excluding ortho intramolecular Hbond substituents is 1. The van der Waals surface area contributed by atoms with E-state index >= 15 is 0 Å². The highest BCUT2D eigenvalue weighted by Crippen LogP contribution is 2.29. The highest BCUT2D eigenvalue weighted by molar-refractivity contribution is 5.92. The van der Waals surface area contributed by atoms with Crippen LogP contribution in [-0.2, 0) is 0 Å². The van der Waals surface area contributed by atoms with Crippen LogP contribution in [0.5, 0.6) is 11.5 Å². The molecular weight excluding hydrogens is 266 g/mol. The SMILES string of the molecule is COc1ccc2c(Nc3ccc(C)c(O)c3)cnnc2c1. The van der Waals surface area contributed by atoms with Gasteiger partial charge in [-0.05, 0) is 30.7 Å². The van der Waals surface area contributed by atoms with Crippen LogP contribution in [0.15, 0.2) is 42.6 Å². The Morgan fingerprint density at radius 2 is 2.00 bits per heavy atom. The Morgan fingerprint density at radius 1 is 1.14 bits per heavy atom. The van der Waals surface area contributed by atoms with Crippen molar-refractivity contribution < 1.29 is 9.84 Å². The van der Waals surface area contributed by atoms with Gasteiger partial charge in [0.1, 0.15) is 11.5 Å². The number of nitrogens with one attached hydrogen (secondary N) is 1. The van der Waals surface area contributed by atoms with E-state index in [9.17, 15) is 5.11 Å². The predicted octanol–water partition coefficient (Wildman–Crippen LogP) is 3.40. The number of aromatic hydroxyl groups is 1. The Hall–Kier alpha value is -2.82. The molecule has 106 valence electrons. The molecular formula is C16H15N3O2. The molecule has 0 atom stereocenters. The van der Waals surface area contributed by atoms with Gasteiger partial charge in [-0.25, -0.2) is 0 Å². The lowest BCUT2D eigenvalue weighted by atomic mass is 10.1. The summed E-state index contributed by atoms with van der Waals surface area (Å²) in [6, 6.07) is 11.1. The number of ether oxygens (including phenoxy) is 1. The van der Waals surface area contributed by atoms with Crippen LogP contribution in [0, 0.1) is 6.92 Å². The lowest BCUT2D eigenvalue weighted by molar-refractivity contribution is 0.415. The summed E-state index contributed by atoms with van der Waals surface area (Å²) in [6.45, 7) is 1.86. The van der Waals surface area contributed by atoms with Crippen LogP contribution in [0.4, 0.5) is 11.4 Å². The van der Waals surface area contributed by atoms with Gasteiger partial charge in [0.2, 0.25) is 0 Å². The molecule has 1 aromatic heterocycles. The van der Waals surface area contributed by atoms with Crippen LogP contribution in [0.3, 0.4) is 0 Å². The first-order valence-corrected chi connectivity index (χ1v) is 6.53. The molecule has 2 aromatic carbocycles. The number of aryl methyl sites for hydroxylation is 1. The monoisotopic (exact) mass is 281 g/mol. The molecule has 0 aliphatic rings. The van der Waals surface area contributed by atoms with Crippen molar-refractivity contribution in [2.75, 3.05) is 12.4 Å². The van der Waals surface area contributed by atoms with Gasteiger partial charge in [0.15, 0.2) is 0 Å². The van der Waals surface area contributed by atoms with E-state index in [-0.39, 0.29) is 5.75 Å². The molecule has 0 aliphatic carbocycles. The van der Waals surface area contributed by atoms with E-state index < -0.39 is 0 Å². The Morgan fingerprint density at radius 3 is 2.76 bits per heavy atom. The summed E-state index contributed by atoms with van der Waals surface area (Å²) in [5.74, 6) is 0.995. The second-order valence-electron chi connectivity index (χ2n) is 4.77. The van der Waals surface area contributed by atoms with E-state index in [1.165, 1.54) is 0 Å². The van der Waals surface area contributed by atoms with Gasteiger partial charge in [-0.15, -0.1) is 0 Å². The number of anilines is 2.